The van der Waals surface area contributed by atoms with Gasteiger partial charge in [-0.1, -0.05) is 23.2 Å². The van der Waals surface area contributed by atoms with Crippen LogP contribution in [0.25, 0.3) is 0 Å². The van der Waals surface area contributed by atoms with E-state index < -0.39 is 27.7 Å². The quantitative estimate of drug-likeness (QED) is 0.539. The Hall–Kier alpha value is -1.68. The summed E-state index contributed by atoms with van der Waals surface area (Å²) in [6.07, 6.45) is 2.58. The van der Waals surface area contributed by atoms with Gasteiger partial charge in [0.25, 0.3) is 10.0 Å². The van der Waals surface area contributed by atoms with Gasteiger partial charge < -0.3 is 4.90 Å². The molecule has 1 fully saturated rings. The van der Waals surface area contributed by atoms with Crippen LogP contribution in [-0.4, -0.2) is 24.1 Å². The molecule has 5 nitrogen and oxygen atoms in total. The molecule has 11 heteroatoms. The van der Waals surface area contributed by atoms with Crippen LogP contribution in [-0.2, 0) is 10.0 Å². The number of hydrogen-bond acceptors (Lipinski definition) is 5. The van der Waals surface area contributed by atoms with Gasteiger partial charge in [0.2, 0.25) is 0 Å². The number of thiophene rings is 1. The smallest absolute Gasteiger partial charge is 0.287 e. The Morgan fingerprint density at radius 1 is 1.18 bits per heavy atom. The van der Waals surface area contributed by atoms with E-state index in [-0.39, 0.29) is 24.9 Å². The van der Waals surface area contributed by atoms with E-state index in [2.05, 4.69) is 5.10 Å². The van der Waals surface area contributed by atoms with E-state index in [0.717, 1.165) is 33.6 Å². The van der Waals surface area contributed by atoms with Crippen LogP contribution >= 0.6 is 34.5 Å². The average Bonchev–Trinajstić information content (AvgIpc) is 3.35. The van der Waals surface area contributed by atoms with E-state index in [1.165, 1.54) is 18.3 Å². The number of hydrogen-bond donors (Lipinski definition) is 0. The molecular formula is C17H13Cl2F2N3O2S2. The first-order valence-corrected chi connectivity index (χ1v) is 11.3. The maximum atomic E-state index is 14.3. The van der Waals surface area contributed by atoms with Gasteiger partial charge in [-0.3, -0.25) is 0 Å². The summed E-state index contributed by atoms with van der Waals surface area (Å²) in [7, 11) is -4.11. The van der Waals surface area contributed by atoms with E-state index in [0.29, 0.717) is 19.4 Å². The van der Waals surface area contributed by atoms with Crippen molar-refractivity contribution >= 4 is 50.4 Å². The Kier molecular flexibility index (Phi) is 5.11. The third-order valence-electron chi connectivity index (χ3n) is 4.59. The van der Waals surface area contributed by atoms with Gasteiger partial charge in [0, 0.05) is 18.2 Å². The Morgan fingerprint density at radius 2 is 1.96 bits per heavy atom. The molecule has 0 N–H and O–H groups in total. The van der Waals surface area contributed by atoms with Crippen LogP contribution in [0.15, 0.2) is 41.4 Å². The third-order valence-corrected chi connectivity index (χ3v) is 7.93. The number of rotatable bonds is 4. The van der Waals surface area contributed by atoms with Gasteiger partial charge in [0.1, 0.15) is 26.7 Å². The molecular weight excluding hydrogens is 451 g/mol. The first kappa shape index (κ1) is 19.6. The molecule has 3 heterocycles. The lowest BCUT2D eigenvalue weighted by molar-refractivity contribution is 0.557. The second-order valence-corrected chi connectivity index (χ2v) is 10.3. The molecule has 3 aromatic rings. The van der Waals surface area contributed by atoms with Crippen molar-refractivity contribution in [3.8, 4) is 0 Å². The molecule has 0 radical (unpaired) electrons. The number of aromatic nitrogens is 2. The molecule has 2 aromatic heterocycles. The first-order chi connectivity index (χ1) is 13.3. The van der Waals surface area contributed by atoms with Crippen molar-refractivity contribution in [2.45, 2.75) is 23.8 Å². The maximum absolute atomic E-state index is 14.3. The number of benzene rings is 1. The Bertz CT molecular complexity index is 1150. The summed E-state index contributed by atoms with van der Waals surface area (Å²) in [6, 6.07) is 5.54. The summed E-state index contributed by atoms with van der Waals surface area (Å²) >= 11 is 12.9. The van der Waals surface area contributed by atoms with Crippen molar-refractivity contribution in [3.05, 3.63) is 62.4 Å². The second kappa shape index (κ2) is 7.29. The normalized spacial score (nSPS) is 17.4. The van der Waals surface area contributed by atoms with Crippen LogP contribution in [0.2, 0.25) is 8.67 Å². The van der Waals surface area contributed by atoms with E-state index in [1.807, 2.05) is 0 Å². The van der Waals surface area contributed by atoms with Crippen molar-refractivity contribution in [3.63, 3.8) is 0 Å². The highest BCUT2D eigenvalue weighted by molar-refractivity contribution is 7.90. The summed E-state index contributed by atoms with van der Waals surface area (Å²) in [5.41, 5.74) is 0.180. The standard InChI is InChI=1S/C17H13Cl2F2N3O2S2/c18-15-9-14(17(19)27-15)28(25,26)24-16(5-6-22-24)23-7-1-2-13(23)11-8-10(20)3-4-12(11)21/h3-6,8-9,13H,1-2,7H2. The summed E-state index contributed by atoms with van der Waals surface area (Å²) in [5, 5.41) is 3.95. The number of halogens is 4. The van der Waals surface area contributed by atoms with Crippen molar-refractivity contribution in [1.82, 2.24) is 9.19 Å². The molecule has 1 unspecified atom stereocenters. The van der Waals surface area contributed by atoms with Crippen LogP contribution in [0.3, 0.4) is 0 Å². The minimum Gasteiger partial charge on any atom is -0.349 e. The van der Waals surface area contributed by atoms with Crippen molar-refractivity contribution in [2.24, 2.45) is 0 Å². The van der Waals surface area contributed by atoms with Crippen molar-refractivity contribution < 1.29 is 17.2 Å². The molecule has 0 bridgehead atoms. The Labute approximate surface area is 174 Å². The summed E-state index contributed by atoms with van der Waals surface area (Å²) in [5.74, 6) is -0.839. The highest BCUT2D eigenvalue weighted by Gasteiger charge is 2.34. The van der Waals surface area contributed by atoms with Crippen LogP contribution in [0.1, 0.15) is 24.4 Å². The van der Waals surface area contributed by atoms with Gasteiger partial charge in [0.05, 0.1) is 16.6 Å². The van der Waals surface area contributed by atoms with Crippen LogP contribution < -0.4 is 4.90 Å². The zero-order valence-corrected chi connectivity index (χ0v) is 17.3. The third kappa shape index (κ3) is 3.30. The lowest BCUT2D eigenvalue weighted by Crippen LogP contribution is -2.28. The van der Waals surface area contributed by atoms with E-state index in [9.17, 15) is 17.2 Å². The van der Waals surface area contributed by atoms with Crippen molar-refractivity contribution in [1.29, 1.82) is 0 Å². The van der Waals surface area contributed by atoms with Crippen LogP contribution in [0.4, 0.5) is 14.6 Å². The zero-order chi connectivity index (χ0) is 20.1. The predicted octanol–water partition coefficient (Wildman–Crippen LogP) is 5.11. The topological polar surface area (TPSA) is 55.2 Å². The number of nitrogens with zero attached hydrogens (tertiary/aromatic N) is 3. The van der Waals surface area contributed by atoms with Gasteiger partial charge in [0.15, 0.2) is 0 Å². The molecule has 1 aliphatic heterocycles. The van der Waals surface area contributed by atoms with E-state index in [1.54, 1.807) is 4.90 Å². The van der Waals surface area contributed by atoms with Gasteiger partial charge in [-0.2, -0.15) is 13.5 Å². The largest absolute Gasteiger partial charge is 0.349 e. The fourth-order valence-electron chi connectivity index (χ4n) is 3.40. The molecule has 1 atom stereocenters. The van der Waals surface area contributed by atoms with Gasteiger partial charge in [-0.25, -0.2) is 8.78 Å². The molecule has 1 aliphatic rings. The molecule has 1 saturated heterocycles. The fraction of sp³-hybridized carbons (Fsp3) is 0.235. The molecule has 4 rings (SSSR count). The maximum Gasteiger partial charge on any atom is 0.287 e. The lowest BCUT2D eigenvalue weighted by Gasteiger charge is -2.27. The predicted molar refractivity (Wildman–Crippen MR) is 105 cm³/mol. The zero-order valence-electron chi connectivity index (χ0n) is 14.1. The summed E-state index contributed by atoms with van der Waals surface area (Å²) < 4.78 is 55.3. The van der Waals surface area contributed by atoms with Crippen LogP contribution in [0.5, 0.6) is 0 Å². The minimum absolute atomic E-state index is 0.0283. The minimum atomic E-state index is -4.11. The molecule has 148 valence electrons. The fourth-order valence-corrected chi connectivity index (χ4v) is 6.79. The number of anilines is 1. The highest BCUT2D eigenvalue weighted by Crippen LogP contribution is 2.40. The van der Waals surface area contributed by atoms with Crippen molar-refractivity contribution in [2.75, 3.05) is 11.4 Å². The summed E-state index contributed by atoms with van der Waals surface area (Å²) in [6.45, 7) is 0.472. The van der Waals surface area contributed by atoms with Gasteiger partial charge in [-0.15, -0.1) is 15.4 Å². The average molecular weight is 464 g/mol. The van der Waals surface area contributed by atoms with E-state index in [4.69, 9.17) is 23.2 Å². The Morgan fingerprint density at radius 3 is 2.68 bits per heavy atom. The molecule has 0 saturated carbocycles. The molecule has 0 spiro atoms. The highest BCUT2D eigenvalue weighted by atomic mass is 35.5. The summed E-state index contributed by atoms with van der Waals surface area (Å²) in [4.78, 5) is 1.56. The lowest BCUT2D eigenvalue weighted by atomic mass is 10.0. The molecule has 0 aliphatic carbocycles. The first-order valence-electron chi connectivity index (χ1n) is 8.25. The monoisotopic (exact) mass is 463 g/mol. The van der Waals surface area contributed by atoms with Gasteiger partial charge in [-0.05, 0) is 37.1 Å². The van der Waals surface area contributed by atoms with Gasteiger partial charge >= 0.3 is 0 Å². The molecule has 0 amide bonds. The second-order valence-electron chi connectivity index (χ2n) is 6.24. The molecule has 1 aromatic carbocycles. The Balaban J connectivity index is 1.78. The SMILES string of the molecule is O=S(=O)(c1cc(Cl)sc1Cl)n1nccc1N1CCCC1c1cc(F)ccc1F. The van der Waals surface area contributed by atoms with Crippen LogP contribution in [0, 0.1) is 11.6 Å². The molecule has 28 heavy (non-hydrogen) atoms. The van der Waals surface area contributed by atoms with E-state index >= 15 is 0 Å².